The van der Waals surface area contributed by atoms with E-state index in [4.69, 9.17) is 0 Å². The molecule has 0 spiro atoms. The monoisotopic (exact) mass is 231 g/mol. The van der Waals surface area contributed by atoms with Gasteiger partial charge >= 0.3 is 0 Å². The van der Waals surface area contributed by atoms with Crippen LogP contribution in [0.4, 0.5) is 10.1 Å². The van der Waals surface area contributed by atoms with Crippen molar-refractivity contribution in [2.75, 3.05) is 0 Å². The van der Waals surface area contributed by atoms with Crippen molar-refractivity contribution in [1.29, 1.82) is 0 Å². The Balaban J connectivity index is 2.85. The average Bonchev–Trinajstić information content (AvgIpc) is 2.04. The summed E-state index contributed by atoms with van der Waals surface area (Å²) >= 11 is 9.09. The molecule has 0 heterocycles. The number of alkyl halides is 1. The minimum Gasteiger partial charge on any atom is -0.223 e. The molecule has 1 aromatic carbocycles. The van der Waals surface area contributed by atoms with Crippen LogP contribution in [0.15, 0.2) is 34.2 Å². The number of halogens is 1. The molecule has 5 heteroatoms. The van der Waals surface area contributed by atoms with Crippen molar-refractivity contribution < 1.29 is 4.39 Å². The van der Waals surface area contributed by atoms with Gasteiger partial charge in [0.25, 0.3) is 0 Å². The average molecular weight is 231 g/mol. The van der Waals surface area contributed by atoms with Crippen LogP contribution in [0, 0.1) is 0 Å². The second-order valence-electron chi connectivity index (χ2n) is 2.11. The number of aliphatic imine (C=N–C) groups is 1. The Kier molecular flexibility index (Phi) is 4.45. The smallest absolute Gasteiger partial charge is 0.193 e. The summed E-state index contributed by atoms with van der Waals surface area (Å²) < 4.78 is 12.5. The van der Waals surface area contributed by atoms with Crippen LogP contribution in [0.2, 0.25) is 0 Å². The van der Waals surface area contributed by atoms with Crippen molar-refractivity contribution in [3.8, 4) is 0 Å². The van der Waals surface area contributed by atoms with Crippen LogP contribution in [0.5, 0.6) is 0 Å². The predicted octanol–water partition coefficient (Wildman–Crippen LogP) is 3.70. The molecule has 68 valence electrons. The fraction of sp³-hybridized carbons (Fsp3) is 0.125. The number of benzene rings is 1. The van der Waals surface area contributed by atoms with E-state index in [0.29, 0.717) is 5.69 Å². The number of isothiocyanates is 1. The van der Waals surface area contributed by atoms with Crippen molar-refractivity contribution in [3.05, 3.63) is 24.3 Å². The van der Waals surface area contributed by atoms with Gasteiger partial charge in [-0.2, -0.15) is 4.99 Å². The molecule has 0 saturated heterocycles. The van der Waals surface area contributed by atoms with Gasteiger partial charge < -0.3 is 0 Å². The van der Waals surface area contributed by atoms with Crippen LogP contribution >= 0.6 is 36.6 Å². The van der Waals surface area contributed by atoms with Crippen LogP contribution < -0.4 is 0 Å². The van der Waals surface area contributed by atoms with Gasteiger partial charge in [0, 0.05) is 4.90 Å². The number of rotatable bonds is 3. The van der Waals surface area contributed by atoms with Crippen molar-refractivity contribution in [2.24, 2.45) is 4.99 Å². The maximum absolute atomic E-state index is 12.5. The van der Waals surface area contributed by atoms with Gasteiger partial charge in [-0.25, -0.2) is 4.39 Å². The molecule has 1 unspecified atom stereocenters. The van der Waals surface area contributed by atoms with Gasteiger partial charge in [-0.1, -0.05) is 17.8 Å². The lowest BCUT2D eigenvalue weighted by molar-refractivity contribution is 0.571. The third kappa shape index (κ3) is 3.91. The summed E-state index contributed by atoms with van der Waals surface area (Å²) in [6.07, 6.45) is 0. The Morgan fingerprint density at radius 3 is 3.00 bits per heavy atom. The van der Waals surface area contributed by atoms with Crippen LogP contribution in [0.3, 0.4) is 0 Å². The third-order valence-corrected chi connectivity index (χ3v) is 2.35. The molecule has 0 amide bonds. The lowest BCUT2D eigenvalue weighted by Gasteiger charge is -2.00. The van der Waals surface area contributed by atoms with Crippen LogP contribution in [-0.4, -0.2) is 10.00 Å². The van der Waals surface area contributed by atoms with Gasteiger partial charge in [0.05, 0.1) is 10.8 Å². The molecule has 1 aromatic rings. The molecule has 0 radical (unpaired) electrons. The lowest BCUT2D eigenvalue weighted by Crippen LogP contribution is -1.78. The summed E-state index contributed by atoms with van der Waals surface area (Å²) in [4.78, 5) is 3.33. The minimum absolute atomic E-state index is 0.675. The minimum atomic E-state index is -1.22. The standard InChI is InChI=1S/C8H6FNS3/c9-8(12)13-7-3-1-2-6(4-7)10-5-11/h1-4,8,12H. The van der Waals surface area contributed by atoms with Crippen LogP contribution in [-0.2, 0) is 0 Å². The Morgan fingerprint density at radius 1 is 1.62 bits per heavy atom. The molecule has 1 rings (SSSR count). The zero-order valence-electron chi connectivity index (χ0n) is 6.48. The number of hydrogen-bond acceptors (Lipinski definition) is 4. The molecular formula is C8H6FNS3. The number of hydrogen-bond donors (Lipinski definition) is 1. The fourth-order valence-corrected chi connectivity index (χ4v) is 1.83. The molecular weight excluding hydrogens is 225 g/mol. The summed E-state index contributed by atoms with van der Waals surface area (Å²) in [6, 6.07) is 7.07. The molecule has 1 atom stereocenters. The summed E-state index contributed by atoms with van der Waals surface area (Å²) in [5.41, 5.74) is 0.675. The van der Waals surface area contributed by atoms with Gasteiger partial charge in [0.2, 0.25) is 0 Å². The van der Waals surface area contributed by atoms with Crippen molar-refractivity contribution in [1.82, 2.24) is 0 Å². The maximum Gasteiger partial charge on any atom is 0.193 e. The topological polar surface area (TPSA) is 12.4 Å². The Bertz CT molecular complexity index is 334. The molecule has 1 nitrogen and oxygen atoms in total. The van der Waals surface area contributed by atoms with Crippen molar-refractivity contribution in [3.63, 3.8) is 0 Å². The molecule has 0 aliphatic carbocycles. The molecule has 0 aliphatic heterocycles. The zero-order chi connectivity index (χ0) is 9.68. The first-order chi connectivity index (χ1) is 6.22. The van der Waals surface area contributed by atoms with E-state index in [1.807, 2.05) is 0 Å². The maximum atomic E-state index is 12.5. The first-order valence-electron chi connectivity index (χ1n) is 3.39. The molecule has 0 aromatic heterocycles. The molecule has 0 aliphatic rings. The first kappa shape index (κ1) is 10.7. The largest absolute Gasteiger partial charge is 0.223 e. The number of thiocarbonyl (C=S) groups is 1. The molecule has 0 bridgehead atoms. The van der Waals surface area contributed by atoms with E-state index in [1.54, 1.807) is 24.3 Å². The van der Waals surface area contributed by atoms with E-state index in [1.165, 1.54) is 0 Å². The lowest BCUT2D eigenvalue weighted by atomic mass is 10.3. The fourth-order valence-electron chi connectivity index (χ4n) is 0.791. The number of nitrogens with zero attached hydrogens (tertiary/aromatic N) is 1. The molecule has 0 N–H and O–H groups in total. The van der Waals surface area contributed by atoms with Gasteiger partial charge in [0.1, 0.15) is 0 Å². The van der Waals surface area contributed by atoms with E-state index in [0.717, 1.165) is 16.7 Å². The molecule has 0 saturated carbocycles. The summed E-state index contributed by atoms with van der Waals surface area (Å²) in [7, 11) is 0. The molecule has 0 fully saturated rings. The highest BCUT2D eigenvalue weighted by atomic mass is 32.2. The second-order valence-corrected chi connectivity index (χ2v) is 4.22. The summed E-state index contributed by atoms with van der Waals surface area (Å²) in [6.45, 7) is 0. The quantitative estimate of drug-likeness (QED) is 0.280. The third-order valence-electron chi connectivity index (χ3n) is 1.23. The Hall–Kier alpha value is -0.350. The highest BCUT2D eigenvalue weighted by Crippen LogP contribution is 2.28. The van der Waals surface area contributed by atoms with Gasteiger partial charge in [-0.3, -0.25) is 0 Å². The van der Waals surface area contributed by atoms with Gasteiger partial charge in [-0.15, -0.1) is 12.6 Å². The highest BCUT2D eigenvalue weighted by Gasteiger charge is 2.01. The van der Waals surface area contributed by atoms with Crippen molar-refractivity contribution >= 4 is 47.5 Å². The van der Waals surface area contributed by atoms with Gasteiger partial charge in [-0.05, 0) is 30.4 Å². The van der Waals surface area contributed by atoms with Crippen LogP contribution in [0.25, 0.3) is 0 Å². The van der Waals surface area contributed by atoms with E-state index in [-0.39, 0.29) is 0 Å². The molecule has 13 heavy (non-hydrogen) atoms. The van der Waals surface area contributed by atoms with Crippen molar-refractivity contribution in [2.45, 2.75) is 9.73 Å². The predicted molar refractivity (Wildman–Crippen MR) is 60.9 cm³/mol. The number of thioether (sulfide) groups is 1. The highest BCUT2D eigenvalue weighted by molar-refractivity contribution is 8.10. The first-order valence-corrected chi connectivity index (χ1v) is 5.19. The van der Waals surface area contributed by atoms with E-state index >= 15 is 0 Å². The van der Waals surface area contributed by atoms with Gasteiger partial charge in [0.15, 0.2) is 4.84 Å². The number of thiol groups is 1. The zero-order valence-corrected chi connectivity index (χ0v) is 9.00. The van der Waals surface area contributed by atoms with E-state index in [9.17, 15) is 4.39 Å². The second kappa shape index (κ2) is 5.40. The van der Waals surface area contributed by atoms with E-state index in [2.05, 4.69) is 35.0 Å². The Morgan fingerprint density at radius 2 is 2.38 bits per heavy atom. The summed E-state index contributed by atoms with van der Waals surface area (Å²) in [5.74, 6) is 0. The summed E-state index contributed by atoms with van der Waals surface area (Å²) in [5, 5.41) is 2.25. The SMILES string of the molecule is FC(S)Sc1cccc(N=C=S)c1. The van der Waals surface area contributed by atoms with Crippen LogP contribution in [0.1, 0.15) is 0 Å². The van der Waals surface area contributed by atoms with E-state index < -0.39 is 4.84 Å². The normalized spacial score (nSPS) is 11.8. The Labute approximate surface area is 90.9 Å².